The molecule has 1 N–H and O–H groups in total. The summed E-state index contributed by atoms with van der Waals surface area (Å²) < 4.78 is 1.74. The first-order valence-corrected chi connectivity index (χ1v) is 9.19. The van der Waals surface area contributed by atoms with Crippen LogP contribution in [0.4, 0.5) is 5.13 Å². The molecule has 0 spiro atoms. The highest BCUT2D eigenvalue weighted by atomic mass is 32.1. The van der Waals surface area contributed by atoms with E-state index in [9.17, 15) is 0 Å². The van der Waals surface area contributed by atoms with E-state index in [1.54, 1.807) is 22.2 Å². The molecule has 2 heterocycles. The van der Waals surface area contributed by atoms with Gasteiger partial charge in [0.15, 0.2) is 0 Å². The van der Waals surface area contributed by atoms with Crippen LogP contribution in [0, 0.1) is 0 Å². The molecule has 0 aliphatic rings. The molecule has 6 nitrogen and oxygen atoms in total. The van der Waals surface area contributed by atoms with E-state index >= 15 is 0 Å². The Labute approximate surface area is 155 Å². The van der Waals surface area contributed by atoms with Crippen LogP contribution in [0.5, 0.6) is 0 Å². The highest BCUT2D eigenvalue weighted by Gasteiger charge is 2.10. The lowest BCUT2D eigenvalue weighted by Crippen LogP contribution is -2.06. The van der Waals surface area contributed by atoms with E-state index in [1.807, 2.05) is 36.5 Å². The van der Waals surface area contributed by atoms with Crippen LogP contribution >= 0.6 is 11.3 Å². The van der Waals surface area contributed by atoms with Crippen LogP contribution < -0.4 is 5.32 Å². The molecule has 0 fully saturated rings. The van der Waals surface area contributed by atoms with Gasteiger partial charge < -0.3 is 5.32 Å². The van der Waals surface area contributed by atoms with E-state index in [0.29, 0.717) is 0 Å². The molecule has 4 rings (SSSR count). The van der Waals surface area contributed by atoms with Crippen molar-refractivity contribution >= 4 is 16.5 Å². The van der Waals surface area contributed by atoms with Crippen molar-refractivity contribution in [3.05, 3.63) is 83.1 Å². The largest absolute Gasteiger partial charge is 0.354 e. The number of aromatic nitrogens is 5. The molecule has 130 valence electrons. The maximum atomic E-state index is 4.29. The molecule has 0 saturated heterocycles. The Morgan fingerprint density at radius 3 is 2.58 bits per heavy atom. The molecule has 2 aromatic carbocycles. The minimum Gasteiger partial charge on any atom is -0.354 e. The lowest BCUT2D eigenvalue weighted by atomic mass is 10.1. The molecule has 0 radical (unpaired) electrons. The molecule has 0 aliphatic carbocycles. The summed E-state index contributed by atoms with van der Waals surface area (Å²) in [7, 11) is 0. The van der Waals surface area contributed by atoms with Crippen molar-refractivity contribution in [3.8, 4) is 5.69 Å². The summed E-state index contributed by atoms with van der Waals surface area (Å²) >= 11 is 1.60. The predicted molar refractivity (Wildman–Crippen MR) is 103 cm³/mol. The Morgan fingerprint density at radius 2 is 1.85 bits per heavy atom. The highest BCUT2D eigenvalue weighted by molar-refractivity contribution is 7.15. The molecule has 0 saturated carbocycles. The third-order valence-corrected chi connectivity index (χ3v) is 4.94. The van der Waals surface area contributed by atoms with Gasteiger partial charge in [-0.25, -0.2) is 4.68 Å². The predicted octanol–water partition coefficient (Wildman–Crippen LogP) is 3.88. The fourth-order valence-corrected chi connectivity index (χ4v) is 3.55. The fourth-order valence-electron chi connectivity index (χ4n) is 2.68. The van der Waals surface area contributed by atoms with Gasteiger partial charge in [-0.2, -0.15) is 0 Å². The van der Waals surface area contributed by atoms with Crippen LogP contribution in [-0.4, -0.2) is 25.2 Å². The van der Waals surface area contributed by atoms with Gasteiger partial charge in [-0.3, -0.25) is 0 Å². The second-order valence-corrected chi connectivity index (χ2v) is 7.03. The summed E-state index contributed by atoms with van der Waals surface area (Å²) in [5.74, 6) is 0. The van der Waals surface area contributed by atoms with E-state index in [1.165, 1.54) is 11.1 Å². The first kappa shape index (κ1) is 16.4. The van der Waals surface area contributed by atoms with Gasteiger partial charge >= 0.3 is 0 Å². The minimum absolute atomic E-state index is 0.136. The molecule has 1 unspecified atom stereocenters. The van der Waals surface area contributed by atoms with Crippen LogP contribution in [0.15, 0.2) is 67.0 Å². The Hall–Kier alpha value is -3.06. The Bertz CT molecular complexity index is 947. The zero-order chi connectivity index (χ0) is 17.8. The van der Waals surface area contributed by atoms with Crippen molar-refractivity contribution < 1.29 is 0 Å². The summed E-state index contributed by atoms with van der Waals surface area (Å²) in [4.78, 5) is 0. The monoisotopic (exact) mass is 362 g/mol. The van der Waals surface area contributed by atoms with Crippen molar-refractivity contribution in [2.75, 3.05) is 5.32 Å². The third-order valence-electron chi connectivity index (χ3n) is 4.09. The average Bonchev–Trinajstić information content (AvgIpc) is 3.35. The molecule has 26 heavy (non-hydrogen) atoms. The lowest BCUT2D eigenvalue weighted by molar-refractivity contribution is 0.800. The van der Waals surface area contributed by atoms with Gasteiger partial charge in [0.2, 0.25) is 5.13 Å². The van der Waals surface area contributed by atoms with Gasteiger partial charge in [-0.05, 0) is 30.2 Å². The standard InChI is InChI=1S/C19H18N6S/c1-14(16-7-9-17(10-8-16)25-12-11-20-24-25)21-19-23-22-18(26-19)13-15-5-3-2-4-6-15/h2-12,14H,13H2,1H3,(H,21,23). The summed E-state index contributed by atoms with van der Waals surface area (Å²) in [6.45, 7) is 2.11. The van der Waals surface area contributed by atoms with Gasteiger partial charge in [0.05, 0.1) is 24.1 Å². The Balaban J connectivity index is 1.41. The quantitative estimate of drug-likeness (QED) is 0.564. The molecule has 4 aromatic rings. The second kappa shape index (κ2) is 7.45. The first-order valence-electron chi connectivity index (χ1n) is 8.37. The fraction of sp³-hybridized carbons (Fsp3) is 0.158. The Kier molecular flexibility index (Phi) is 4.70. The van der Waals surface area contributed by atoms with E-state index in [4.69, 9.17) is 0 Å². The number of hydrogen-bond donors (Lipinski definition) is 1. The van der Waals surface area contributed by atoms with Crippen molar-refractivity contribution in [1.29, 1.82) is 0 Å². The van der Waals surface area contributed by atoms with Gasteiger partial charge in [-0.1, -0.05) is 59.0 Å². The van der Waals surface area contributed by atoms with Gasteiger partial charge in [-0.15, -0.1) is 15.3 Å². The topological polar surface area (TPSA) is 68.5 Å². The van der Waals surface area contributed by atoms with Crippen molar-refractivity contribution in [1.82, 2.24) is 25.2 Å². The zero-order valence-corrected chi connectivity index (χ0v) is 15.1. The van der Waals surface area contributed by atoms with E-state index in [0.717, 1.165) is 22.2 Å². The van der Waals surface area contributed by atoms with Gasteiger partial charge in [0, 0.05) is 6.42 Å². The molecular weight excluding hydrogens is 344 g/mol. The number of nitrogens with zero attached hydrogens (tertiary/aromatic N) is 5. The number of benzene rings is 2. The normalized spacial score (nSPS) is 12.0. The number of anilines is 1. The summed E-state index contributed by atoms with van der Waals surface area (Å²) in [5.41, 5.74) is 3.40. The van der Waals surface area contributed by atoms with Crippen molar-refractivity contribution in [2.45, 2.75) is 19.4 Å². The molecule has 0 amide bonds. The van der Waals surface area contributed by atoms with Crippen LogP contribution in [-0.2, 0) is 6.42 Å². The maximum absolute atomic E-state index is 4.29. The van der Waals surface area contributed by atoms with Crippen LogP contribution in [0.25, 0.3) is 5.69 Å². The van der Waals surface area contributed by atoms with Crippen molar-refractivity contribution in [2.24, 2.45) is 0 Å². The van der Waals surface area contributed by atoms with Gasteiger partial charge in [0.25, 0.3) is 0 Å². The molecule has 2 aromatic heterocycles. The molecular formula is C19H18N6S. The summed E-state index contributed by atoms with van der Waals surface area (Å²) in [5, 5.41) is 21.7. The molecule has 1 atom stereocenters. The van der Waals surface area contributed by atoms with Crippen molar-refractivity contribution in [3.63, 3.8) is 0 Å². The zero-order valence-electron chi connectivity index (χ0n) is 14.3. The average molecular weight is 362 g/mol. The first-order chi connectivity index (χ1) is 12.8. The summed E-state index contributed by atoms with van der Waals surface area (Å²) in [6.07, 6.45) is 4.30. The number of nitrogens with one attached hydrogen (secondary N) is 1. The summed E-state index contributed by atoms with van der Waals surface area (Å²) in [6, 6.07) is 18.7. The molecule has 0 aliphatic heterocycles. The molecule has 0 bridgehead atoms. The smallest absolute Gasteiger partial charge is 0.206 e. The van der Waals surface area contributed by atoms with E-state index < -0.39 is 0 Å². The second-order valence-electron chi connectivity index (χ2n) is 5.97. The SMILES string of the molecule is CC(Nc1nnc(Cc2ccccc2)s1)c1ccc(-n2ccnn2)cc1. The van der Waals surface area contributed by atoms with Gasteiger partial charge in [0.1, 0.15) is 5.01 Å². The maximum Gasteiger partial charge on any atom is 0.206 e. The number of rotatable bonds is 6. The minimum atomic E-state index is 0.136. The van der Waals surface area contributed by atoms with Crippen LogP contribution in [0.3, 0.4) is 0 Å². The van der Waals surface area contributed by atoms with Crippen LogP contribution in [0.1, 0.15) is 29.1 Å². The third kappa shape index (κ3) is 3.78. The lowest BCUT2D eigenvalue weighted by Gasteiger charge is -2.13. The van der Waals surface area contributed by atoms with Crippen LogP contribution in [0.2, 0.25) is 0 Å². The number of hydrogen-bond acceptors (Lipinski definition) is 6. The molecule has 7 heteroatoms. The highest BCUT2D eigenvalue weighted by Crippen LogP contribution is 2.24. The van der Waals surface area contributed by atoms with E-state index in [-0.39, 0.29) is 6.04 Å². The Morgan fingerprint density at radius 1 is 1.04 bits per heavy atom. The van der Waals surface area contributed by atoms with E-state index in [2.05, 4.69) is 57.0 Å².